The highest BCUT2D eigenvalue weighted by atomic mass is 19.1. The van der Waals surface area contributed by atoms with Crippen molar-refractivity contribution in [3.8, 4) is 5.75 Å². The molecule has 1 amide bonds. The van der Waals surface area contributed by atoms with Crippen molar-refractivity contribution >= 4 is 5.91 Å². The molecule has 0 aromatic heterocycles. The lowest BCUT2D eigenvalue weighted by Crippen LogP contribution is -2.53. The first-order valence-electron chi connectivity index (χ1n) is 12.2. The van der Waals surface area contributed by atoms with Gasteiger partial charge in [-0.25, -0.2) is 8.78 Å². The third-order valence-corrected chi connectivity index (χ3v) is 6.81. The first kappa shape index (κ1) is 26.2. The number of fused-ring (bicyclic) bond motifs is 5. The second kappa shape index (κ2) is 11.9. The van der Waals surface area contributed by atoms with Crippen molar-refractivity contribution in [3.63, 3.8) is 0 Å². The van der Waals surface area contributed by atoms with E-state index in [0.29, 0.717) is 25.0 Å². The van der Waals surface area contributed by atoms with Gasteiger partial charge in [-0.1, -0.05) is 18.2 Å². The number of hydrogen-bond acceptors (Lipinski definition) is 6. The normalized spacial score (nSPS) is 27.0. The molecule has 5 atom stereocenters. The molecule has 4 rings (SSSR count). The number of hydrogen-bond donors (Lipinski definition) is 4. The number of likely N-dealkylation sites (N-methyl/N-ethyl adjacent to an activating group) is 1. The highest BCUT2D eigenvalue weighted by Gasteiger charge is 2.33. The van der Waals surface area contributed by atoms with Crippen LogP contribution in [0.4, 0.5) is 8.78 Å². The Bertz CT molecular complexity index is 1080. The van der Waals surface area contributed by atoms with Gasteiger partial charge < -0.3 is 30.5 Å². The van der Waals surface area contributed by atoms with E-state index in [0.717, 1.165) is 22.9 Å². The lowest BCUT2D eigenvalue weighted by Gasteiger charge is -2.28. The van der Waals surface area contributed by atoms with Gasteiger partial charge in [-0.2, -0.15) is 0 Å². The first-order valence-corrected chi connectivity index (χ1v) is 12.2. The van der Waals surface area contributed by atoms with E-state index in [1.54, 1.807) is 14.2 Å². The molecule has 2 aliphatic rings. The molecule has 1 aliphatic heterocycles. The van der Waals surface area contributed by atoms with Gasteiger partial charge in [-0.15, -0.1) is 0 Å². The number of aliphatic hydroxyl groups is 1. The molecule has 2 bridgehead atoms. The van der Waals surface area contributed by atoms with Gasteiger partial charge in [-0.05, 0) is 67.3 Å². The summed E-state index contributed by atoms with van der Waals surface area (Å²) < 4.78 is 39.2. The number of methoxy groups -OCH3 is 1. The van der Waals surface area contributed by atoms with Crippen LogP contribution in [0, 0.1) is 11.6 Å². The van der Waals surface area contributed by atoms with E-state index in [-0.39, 0.29) is 31.0 Å². The van der Waals surface area contributed by atoms with Gasteiger partial charge in [-0.3, -0.25) is 4.79 Å². The molecule has 0 spiro atoms. The SMILES string of the molecule is CN[C@H]1CC=CCO[C@H]2C[C@H](NC[C@@H](O)[C@H](Cc3cc(F)cc(F)c3)NC1=O)c1cc(OC)ccc12. The van der Waals surface area contributed by atoms with Crippen molar-refractivity contribution in [2.45, 2.75) is 49.6 Å². The maximum absolute atomic E-state index is 13.8. The van der Waals surface area contributed by atoms with E-state index in [9.17, 15) is 18.7 Å². The van der Waals surface area contributed by atoms with E-state index in [1.165, 1.54) is 12.1 Å². The average Bonchev–Trinajstić information content (AvgIpc) is 3.19. The van der Waals surface area contributed by atoms with Crippen molar-refractivity contribution in [3.05, 3.63) is 76.9 Å². The van der Waals surface area contributed by atoms with E-state index in [1.807, 2.05) is 30.4 Å². The highest BCUT2D eigenvalue weighted by molar-refractivity contribution is 5.82. The average molecular weight is 502 g/mol. The number of rotatable bonds is 4. The lowest BCUT2D eigenvalue weighted by atomic mass is 9.99. The van der Waals surface area contributed by atoms with E-state index >= 15 is 0 Å². The molecule has 36 heavy (non-hydrogen) atoms. The minimum atomic E-state index is -1.02. The molecule has 9 heteroatoms. The quantitative estimate of drug-likeness (QED) is 0.482. The Morgan fingerprint density at radius 1 is 1.14 bits per heavy atom. The van der Waals surface area contributed by atoms with Crippen LogP contribution in [0.1, 0.15) is 41.7 Å². The van der Waals surface area contributed by atoms with Crippen molar-refractivity contribution in [2.24, 2.45) is 0 Å². The number of nitrogens with one attached hydrogen (secondary N) is 3. The number of carbonyl (C=O) groups is 1. The molecule has 2 aromatic rings. The predicted octanol–water partition coefficient (Wildman–Crippen LogP) is 2.70. The zero-order chi connectivity index (χ0) is 25.7. The number of halogens is 2. The Kier molecular flexibility index (Phi) is 8.68. The number of ether oxygens (including phenoxy) is 2. The number of β-amino-alcohol motifs (C(OH)–C–C–N with tert-alkyl or cyclic N) is 1. The van der Waals surface area contributed by atoms with E-state index in [4.69, 9.17) is 9.47 Å². The van der Waals surface area contributed by atoms with E-state index in [2.05, 4.69) is 16.0 Å². The zero-order valence-corrected chi connectivity index (χ0v) is 20.5. The highest BCUT2D eigenvalue weighted by Crippen LogP contribution is 2.42. The molecule has 0 fully saturated rings. The Hall–Kier alpha value is -2.85. The Morgan fingerprint density at radius 3 is 2.64 bits per heavy atom. The fourth-order valence-electron chi connectivity index (χ4n) is 4.88. The molecule has 0 saturated heterocycles. The third kappa shape index (κ3) is 6.28. The Morgan fingerprint density at radius 2 is 1.92 bits per heavy atom. The fourth-order valence-corrected chi connectivity index (χ4v) is 4.88. The molecule has 1 heterocycles. The van der Waals surface area contributed by atoms with E-state index < -0.39 is 29.8 Å². The van der Waals surface area contributed by atoms with Crippen LogP contribution in [0.15, 0.2) is 48.6 Å². The van der Waals surface area contributed by atoms with Crippen molar-refractivity contribution in [2.75, 3.05) is 27.3 Å². The van der Waals surface area contributed by atoms with Crippen molar-refractivity contribution < 1.29 is 28.2 Å². The third-order valence-electron chi connectivity index (χ3n) is 6.81. The van der Waals surface area contributed by atoms with Crippen molar-refractivity contribution in [1.82, 2.24) is 16.0 Å². The summed E-state index contributed by atoms with van der Waals surface area (Å²) in [5, 5.41) is 20.4. The molecule has 7 nitrogen and oxygen atoms in total. The molecule has 1 aliphatic carbocycles. The van der Waals surface area contributed by atoms with Crippen LogP contribution in [0.25, 0.3) is 0 Å². The van der Waals surface area contributed by atoms with Crippen LogP contribution in [0.3, 0.4) is 0 Å². The number of aliphatic hydroxyl groups excluding tert-OH is 1. The zero-order valence-electron chi connectivity index (χ0n) is 20.5. The predicted molar refractivity (Wildman–Crippen MR) is 132 cm³/mol. The summed E-state index contributed by atoms with van der Waals surface area (Å²) in [5.74, 6) is -0.994. The van der Waals surface area contributed by atoms with Gasteiger partial charge in [0.15, 0.2) is 0 Å². The molecule has 2 aromatic carbocycles. The second-order valence-corrected chi connectivity index (χ2v) is 9.23. The van der Waals surface area contributed by atoms with Gasteiger partial charge in [0.1, 0.15) is 17.4 Å². The Labute approximate surface area is 209 Å². The summed E-state index contributed by atoms with van der Waals surface area (Å²) in [5.41, 5.74) is 2.45. The van der Waals surface area contributed by atoms with Crippen LogP contribution >= 0.6 is 0 Å². The van der Waals surface area contributed by atoms with Crippen LogP contribution in [0.2, 0.25) is 0 Å². The fraction of sp³-hybridized carbons (Fsp3) is 0.444. The molecule has 0 saturated carbocycles. The van der Waals surface area contributed by atoms with Gasteiger partial charge >= 0.3 is 0 Å². The summed E-state index contributed by atoms with van der Waals surface area (Å²) in [6.07, 6.45) is 3.79. The lowest BCUT2D eigenvalue weighted by molar-refractivity contribution is -0.124. The molecule has 0 unspecified atom stereocenters. The molecule has 4 N–H and O–H groups in total. The van der Waals surface area contributed by atoms with Crippen LogP contribution < -0.4 is 20.7 Å². The summed E-state index contributed by atoms with van der Waals surface area (Å²) in [4.78, 5) is 13.0. The smallest absolute Gasteiger partial charge is 0.237 e. The standard InChI is InChI=1S/C27H33F2N3O4/c1-30-22-5-3-4-8-36-26-14-23(21-13-19(35-2)6-7-20(21)26)31-15-25(33)24(32-27(22)34)11-16-9-17(28)12-18(29)10-16/h3-4,6-7,9-10,12-13,22-26,30-31,33H,5,8,11,14-15H2,1-2H3,(H,32,34)/t22-,23-,24-,25+,26-/m0/s1. The summed E-state index contributed by atoms with van der Waals surface area (Å²) >= 11 is 0. The molecule has 194 valence electrons. The van der Waals surface area contributed by atoms with Gasteiger partial charge in [0.25, 0.3) is 0 Å². The van der Waals surface area contributed by atoms with Crippen LogP contribution in [-0.2, 0) is 16.0 Å². The van der Waals surface area contributed by atoms with Gasteiger partial charge in [0, 0.05) is 18.7 Å². The first-order chi connectivity index (χ1) is 17.4. The monoisotopic (exact) mass is 501 g/mol. The minimum absolute atomic E-state index is 0.0658. The largest absolute Gasteiger partial charge is 0.497 e. The van der Waals surface area contributed by atoms with Gasteiger partial charge in [0.2, 0.25) is 5.91 Å². The number of benzene rings is 2. The molecular weight excluding hydrogens is 468 g/mol. The van der Waals surface area contributed by atoms with Crippen molar-refractivity contribution in [1.29, 1.82) is 0 Å². The number of carbonyl (C=O) groups excluding carboxylic acids is 1. The minimum Gasteiger partial charge on any atom is -0.497 e. The maximum atomic E-state index is 13.8. The Balaban J connectivity index is 1.61. The number of amides is 1. The van der Waals surface area contributed by atoms with Crippen LogP contribution in [-0.4, -0.2) is 56.5 Å². The summed E-state index contributed by atoms with van der Waals surface area (Å²) in [6.45, 7) is 0.552. The van der Waals surface area contributed by atoms with Gasteiger partial charge in [0.05, 0.1) is 38.0 Å². The topological polar surface area (TPSA) is 91.9 Å². The molecular formula is C27H33F2N3O4. The second-order valence-electron chi connectivity index (χ2n) is 9.23. The van der Waals surface area contributed by atoms with Crippen LogP contribution in [0.5, 0.6) is 5.75 Å². The summed E-state index contributed by atoms with van der Waals surface area (Å²) in [7, 11) is 3.29. The maximum Gasteiger partial charge on any atom is 0.237 e. The summed E-state index contributed by atoms with van der Waals surface area (Å²) in [6, 6.07) is 7.69. The molecule has 0 radical (unpaired) electrons.